The Morgan fingerprint density at radius 1 is 1.03 bits per heavy atom. The molecule has 184 valence electrons. The molecule has 1 heterocycles. The number of esters is 2. The fraction of sp³-hybridized carbons (Fsp3) is 0.522. The number of amides is 4. The Labute approximate surface area is 197 Å². The molecule has 1 aromatic carbocycles. The largest absolute Gasteiger partial charge is 0.465 e. The van der Waals surface area contributed by atoms with Crippen molar-refractivity contribution in [2.45, 2.75) is 57.2 Å². The molecule has 1 saturated heterocycles. The first-order valence-electron chi connectivity index (χ1n) is 11.3. The summed E-state index contributed by atoms with van der Waals surface area (Å²) in [6.45, 7) is 2.18. The van der Waals surface area contributed by atoms with Gasteiger partial charge in [-0.1, -0.05) is 12.8 Å². The maximum absolute atomic E-state index is 12.9. The zero-order valence-electron chi connectivity index (χ0n) is 19.5. The summed E-state index contributed by atoms with van der Waals surface area (Å²) < 4.78 is 9.41. The van der Waals surface area contributed by atoms with Crippen molar-refractivity contribution in [3.63, 3.8) is 0 Å². The number of carbonyl (C=O) groups excluding carboxylic acids is 5. The van der Waals surface area contributed by atoms with Gasteiger partial charge in [0, 0.05) is 18.3 Å². The highest BCUT2D eigenvalue weighted by Gasteiger charge is 2.45. The molecule has 1 saturated carbocycles. The van der Waals surface area contributed by atoms with E-state index in [1.165, 1.54) is 37.3 Å². The van der Waals surface area contributed by atoms with E-state index in [0.29, 0.717) is 6.54 Å². The third kappa shape index (κ3) is 5.46. The van der Waals surface area contributed by atoms with Crippen LogP contribution in [0.4, 0.5) is 10.5 Å². The summed E-state index contributed by atoms with van der Waals surface area (Å²) >= 11 is 0. The lowest BCUT2D eigenvalue weighted by molar-refractivity contribution is -0.135. The van der Waals surface area contributed by atoms with E-state index in [-0.39, 0.29) is 47.3 Å². The van der Waals surface area contributed by atoms with Gasteiger partial charge in [0.2, 0.25) is 11.8 Å². The van der Waals surface area contributed by atoms with Crippen LogP contribution in [-0.4, -0.2) is 73.6 Å². The van der Waals surface area contributed by atoms with E-state index in [9.17, 15) is 24.0 Å². The first kappa shape index (κ1) is 25.0. The van der Waals surface area contributed by atoms with Gasteiger partial charge < -0.3 is 30.3 Å². The van der Waals surface area contributed by atoms with Crippen molar-refractivity contribution in [2.24, 2.45) is 0 Å². The third-order valence-electron chi connectivity index (χ3n) is 6.05. The van der Waals surface area contributed by atoms with Gasteiger partial charge in [0.1, 0.15) is 6.04 Å². The molecule has 0 unspecified atom stereocenters. The number of benzene rings is 1. The Morgan fingerprint density at radius 2 is 1.65 bits per heavy atom. The minimum absolute atomic E-state index is 0.0464. The average molecular weight is 475 g/mol. The lowest BCUT2D eigenvalue weighted by atomic mass is 9.85. The molecule has 11 heteroatoms. The van der Waals surface area contributed by atoms with Crippen molar-refractivity contribution in [3.8, 4) is 0 Å². The fourth-order valence-corrected chi connectivity index (χ4v) is 4.53. The Balaban J connectivity index is 1.83. The fourth-order valence-electron chi connectivity index (χ4n) is 4.53. The maximum Gasteiger partial charge on any atom is 0.337 e. The van der Waals surface area contributed by atoms with Crippen molar-refractivity contribution in [1.82, 2.24) is 15.5 Å². The van der Waals surface area contributed by atoms with Crippen molar-refractivity contribution in [3.05, 3.63) is 29.3 Å². The van der Waals surface area contributed by atoms with Crippen LogP contribution in [0.2, 0.25) is 0 Å². The van der Waals surface area contributed by atoms with E-state index in [2.05, 4.69) is 16.0 Å². The third-order valence-corrected chi connectivity index (χ3v) is 6.05. The molecule has 1 aromatic rings. The molecule has 1 aliphatic carbocycles. The number of fused-ring (bicyclic) bond motifs is 1. The number of methoxy groups -OCH3 is 2. The molecule has 0 radical (unpaired) electrons. The molecule has 3 N–H and O–H groups in total. The van der Waals surface area contributed by atoms with Crippen LogP contribution in [0.1, 0.15) is 59.7 Å². The van der Waals surface area contributed by atoms with Crippen LogP contribution in [0.25, 0.3) is 0 Å². The molecular weight excluding hydrogens is 444 g/mol. The monoisotopic (exact) mass is 474 g/mol. The quantitative estimate of drug-likeness (QED) is 0.529. The molecule has 34 heavy (non-hydrogen) atoms. The van der Waals surface area contributed by atoms with Gasteiger partial charge in [-0.15, -0.1) is 0 Å². The van der Waals surface area contributed by atoms with Gasteiger partial charge in [-0.3, -0.25) is 9.59 Å². The van der Waals surface area contributed by atoms with Crippen LogP contribution in [0.3, 0.4) is 0 Å². The summed E-state index contributed by atoms with van der Waals surface area (Å²) in [5, 5.41) is 8.33. The van der Waals surface area contributed by atoms with Gasteiger partial charge in [0.25, 0.3) is 0 Å². The number of rotatable bonds is 6. The Hall–Kier alpha value is -3.63. The second kappa shape index (κ2) is 11.0. The van der Waals surface area contributed by atoms with E-state index in [1.807, 2.05) is 0 Å². The number of carbonyl (C=O) groups is 5. The molecule has 0 bridgehead atoms. The maximum atomic E-state index is 12.9. The summed E-state index contributed by atoms with van der Waals surface area (Å²) in [5.41, 5.74) is 0.250. The SMILES string of the molecule is CCNC(=O)N1[C@H](CC(=O)Nc2cc(C(=O)OC)cc(C(=O)OC)c2)C(=O)N[C@H]2CCCC[C@H]21. The van der Waals surface area contributed by atoms with Gasteiger partial charge in [-0.05, 0) is 38.0 Å². The predicted octanol–water partition coefficient (Wildman–Crippen LogP) is 1.43. The highest BCUT2D eigenvalue weighted by Crippen LogP contribution is 2.30. The number of hydrogen-bond donors (Lipinski definition) is 3. The number of hydrogen-bond acceptors (Lipinski definition) is 7. The number of nitrogens with one attached hydrogen (secondary N) is 3. The number of piperazine rings is 1. The standard InChI is InChI=1S/C23H30N4O7/c1-4-24-23(32)27-17-8-6-5-7-16(17)26-20(29)18(27)12-19(28)25-15-10-13(21(30)33-2)9-14(11-15)22(31)34-3/h9-11,16-18H,4-8,12H2,1-3H3,(H,24,32)(H,25,28)(H,26,29)/t16-,17+,18+/m0/s1. The lowest BCUT2D eigenvalue weighted by Crippen LogP contribution is -2.69. The molecule has 3 rings (SSSR count). The number of ether oxygens (including phenoxy) is 2. The number of urea groups is 1. The molecule has 0 spiro atoms. The second-order valence-electron chi connectivity index (χ2n) is 8.26. The van der Waals surface area contributed by atoms with E-state index >= 15 is 0 Å². The topological polar surface area (TPSA) is 143 Å². The molecule has 3 atom stereocenters. The molecule has 11 nitrogen and oxygen atoms in total. The van der Waals surface area contributed by atoms with E-state index < -0.39 is 23.9 Å². The zero-order valence-corrected chi connectivity index (χ0v) is 19.5. The Morgan fingerprint density at radius 3 is 2.24 bits per heavy atom. The summed E-state index contributed by atoms with van der Waals surface area (Å²) in [6.07, 6.45) is 3.13. The van der Waals surface area contributed by atoms with Crippen molar-refractivity contribution >= 4 is 35.5 Å². The van der Waals surface area contributed by atoms with Crippen LogP contribution in [-0.2, 0) is 19.1 Å². The number of nitrogens with zero attached hydrogens (tertiary/aromatic N) is 1. The van der Waals surface area contributed by atoms with Crippen LogP contribution in [0, 0.1) is 0 Å². The second-order valence-corrected chi connectivity index (χ2v) is 8.26. The van der Waals surface area contributed by atoms with Gasteiger partial charge in [0.15, 0.2) is 0 Å². The van der Waals surface area contributed by atoms with Gasteiger partial charge in [-0.25, -0.2) is 14.4 Å². The molecule has 1 aliphatic heterocycles. The van der Waals surface area contributed by atoms with E-state index in [0.717, 1.165) is 25.7 Å². The number of anilines is 1. The van der Waals surface area contributed by atoms with Crippen molar-refractivity contribution < 1.29 is 33.4 Å². The van der Waals surface area contributed by atoms with Crippen LogP contribution >= 0.6 is 0 Å². The van der Waals surface area contributed by atoms with E-state index in [1.54, 1.807) is 6.92 Å². The lowest BCUT2D eigenvalue weighted by Gasteiger charge is -2.47. The molecule has 0 aromatic heterocycles. The van der Waals surface area contributed by atoms with Gasteiger partial charge in [-0.2, -0.15) is 0 Å². The van der Waals surface area contributed by atoms with Gasteiger partial charge in [0.05, 0.1) is 37.8 Å². The van der Waals surface area contributed by atoms with Crippen LogP contribution < -0.4 is 16.0 Å². The molecule has 4 amide bonds. The molecular formula is C23H30N4O7. The zero-order chi connectivity index (χ0) is 24.8. The molecule has 2 aliphatic rings. The highest BCUT2D eigenvalue weighted by atomic mass is 16.5. The Kier molecular flexibility index (Phi) is 8.08. The van der Waals surface area contributed by atoms with Crippen molar-refractivity contribution in [1.29, 1.82) is 0 Å². The van der Waals surface area contributed by atoms with E-state index in [4.69, 9.17) is 9.47 Å². The van der Waals surface area contributed by atoms with Crippen molar-refractivity contribution in [2.75, 3.05) is 26.1 Å². The highest BCUT2D eigenvalue weighted by molar-refractivity contribution is 6.01. The Bertz CT molecular complexity index is 946. The normalized spacial score (nSPS) is 21.6. The minimum Gasteiger partial charge on any atom is -0.465 e. The van der Waals surface area contributed by atoms with Crippen LogP contribution in [0.5, 0.6) is 0 Å². The summed E-state index contributed by atoms with van der Waals surface area (Å²) in [4.78, 5) is 64.2. The molecule has 2 fully saturated rings. The summed E-state index contributed by atoms with van der Waals surface area (Å²) in [6, 6.07) is 2.31. The summed E-state index contributed by atoms with van der Waals surface area (Å²) in [7, 11) is 2.39. The minimum atomic E-state index is -0.991. The average Bonchev–Trinajstić information content (AvgIpc) is 2.83. The first-order chi connectivity index (χ1) is 16.3. The van der Waals surface area contributed by atoms with Gasteiger partial charge >= 0.3 is 18.0 Å². The smallest absolute Gasteiger partial charge is 0.337 e. The summed E-state index contributed by atoms with van der Waals surface area (Å²) in [5.74, 6) is -2.33. The predicted molar refractivity (Wildman–Crippen MR) is 121 cm³/mol. The first-order valence-corrected chi connectivity index (χ1v) is 11.3. The van der Waals surface area contributed by atoms with Crippen LogP contribution in [0.15, 0.2) is 18.2 Å².